The number of fused-ring (bicyclic) bond motifs is 1. The SMILES string of the molecule is C=C1CCC(n2c(=O)n(C)c3cc(C)ccc32)C(=O)N1. The first kappa shape index (κ1) is 12.7. The van der Waals surface area contributed by atoms with Crippen LogP contribution in [-0.4, -0.2) is 15.0 Å². The minimum Gasteiger partial charge on any atom is -0.329 e. The van der Waals surface area contributed by atoms with Gasteiger partial charge in [-0.15, -0.1) is 0 Å². The third-order valence-electron chi connectivity index (χ3n) is 3.88. The number of allylic oxidation sites excluding steroid dienone is 1. The molecule has 5 heteroatoms. The molecule has 3 rings (SSSR count). The van der Waals surface area contributed by atoms with E-state index < -0.39 is 6.04 Å². The summed E-state index contributed by atoms with van der Waals surface area (Å²) in [5, 5.41) is 2.74. The average Bonchev–Trinajstić information content (AvgIpc) is 2.63. The van der Waals surface area contributed by atoms with Crippen LogP contribution in [-0.2, 0) is 11.8 Å². The average molecular weight is 271 g/mol. The number of aryl methyl sites for hydroxylation is 2. The van der Waals surface area contributed by atoms with Crippen LogP contribution in [0, 0.1) is 6.92 Å². The van der Waals surface area contributed by atoms with E-state index in [9.17, 15) is 9.59 Å². The van der Waals surface area contributed by atoms with Crippen molar-refractivity contribution in [1.29, 1.82) is 0 Å². The topological polar surface area (TPSA) is 56.0 Å². The Bertz CT molecular complexity index is 782. The Morgan fingerprint density at radius 2 is 2.05 bits per heavy atom. The van der Waals surface area contributed by atoms with Crippen molar-refractivity contribution in [2.45, 2.75) is 25.8 Å². The minimum atomic E-state index is -0.459. The van der Waals surface area contributed by atoms with Crippen molar-refractivity contribution in [3.05, 3.63) is 46.5 Å². The molecular formula is C15H17N3O2. The lowest BCUT2D eigenvalue weighted by Gasteiger charge is -2.24. The molecule has 1 atom stereocenters. The Hall–Kier alpha value is -2.30. The maximum atomic E-state index is 12.4. The highest BCUT2D eigenvalue weighted by molar-refractivity contribution is 5.86. The van der Waals surface area contributed by atoms with Crippen LogP contribution in [0.25, 0.3) is 11.0 Å². The molecule has 1 fully saturated rings. The first-order valence-electron chi connectivity index (χ1n) is 6.65. The summed E-state index contributed by atoms with van der Waals surface area (Å²) in [4.78, 5) is 24.6. The number of hydrogen-bond donors (Lipinski definition) is 1. The number of aromatic nitrogens is 2. The molecule has 1 saturated heterocycles. The number of nitrogens with zero attached hydrogens (tertiary/aromatic N) is 2. The van der Waals surface area contributed by atoms with Crippen LogP contribution in [0.15, 0.2) is 35.3 Å². The van der Waals surface area contributed by atoms with Crippen molar-refractivity contribution < 1.29 is 4.79 Å². The second kappa shape index (κ2) is 4.37. The predicted octanol–water partition coefficient (Wildman–Crippen LogP) is 1.61. The van der Waals surface area contributed by atoms with Crippen molar-refractivity contribution in [3.63, 3.8) is 0 Å². The number of carbonyl (C=O) groups is 1. The number of nitrogens with one attached hydrogen (secondary N) is 1. The Kier molecular flexibility index (Phi) is 2.78. The largest absolute Gasteiger partial charge is 0.329 e. The van der Waals surface area contributed by atoms with Gasteiger partial charge in [-0.1, -0.05) is 12.6 Å². The first-order chi connectivity index (χ1) is 9.49. The highest BCUT2D eigenvalue weighted by Crippen LogP contribution is 2.25. The monoisotopic (exact) mass is 271 g/mol. The van der Waals surface area contributed by atoms with E-state index in [4.69, 9.17) is 0 Å². The Labute approximate surface area is 116 Å². The Balaban J connectivity index is 2.21. The van der Waals surface area contributed by atoms with Crippen molar-refractivity contribution >= 4 is 16.9 Å². The number of amides is 1. The standard InChI is InChI=1S/C15H17N3O2/c1-9-4-6-11-13(8-9)17(3)15(20)18(11)12-7-5-10(2)16-14(12)19/h4,6,8,12H,2,5,7H2,1,3H3,(H,16,19). The summed E-state index contributed by atoms with van der Waals surface area (Å²) in [5.74, 6) is -0.156. The van der Waals surface area contributed by atoms with Gasteiger partial charge in [0.1, 0.15) is 6.04 Å². The molecule has 5 nitrogen and oxygen atoms in total. The fraction of sp³-hybridized carbons (Fsp3) is 0.333. The maximum Gasteiger partial charge on any atom is 0.329 e. The van der Waals surface area contributed by atoms with Crippen molar-refractivity contribution in [2.24, 2.45) is 7.05 Å². The summed E-state index contributed by atoms with van der Waals surface area (Å²) in [6.45, 7) is 5.75. The normalized spacial score (nSPS) is 19.4. The van der Waals surface area contributed by atoms with E-state index in [0.29, 0.717) is 12.8 Å². The van der Waals surface area contributed by atoms with Gasteiger partial charge in [-0.25, -0.2) is 4.79 Å². The molecule has 1 aromatic carbocycles. The van der Waals surface area contributed by atoms with Crippen molar-refractivity contribution in [3.8, 4) is 0 Å². The molecule has 0 saturated carbocycles. The van der Waals surface area contributed by atoms with E-state index in [1.165, 1.54) is 0 Å². The Morgan fingerprint density at radius 3 is 2.75 bits per heavy atom. The van der Waals surface area contributed by atoms with E-state index in [-0.39, 0.29) is 11.6 Å². The lowest BCUT2D eigenvalue weighted by molar-refractivity contribution is -0.124. The van der Waals surface area contributed by atoms with Gasteiger partial charge in [0.15, 0.2) is 0 Å². The van der Waals surface area contributed by atoms with E-state index in [1.54, 1.807) is 16.2 Å². The number of hydrogen-bond acceptors (Lipinski definition) is 2. The molecule has 104 valence electrons. The molecule has 2 aromatic rings. The predicted molar refractivity (Wildman–Crippen MR) is 77.5 cm³/mol. The van der Waals surface area contributed by atoms with Crippen LogP contribution in [0.5, 0.6) is 0 Å². The van der Waals surface area contributed by atoms with Gasteiger partial charge in [-0.05, 0) is 37.5 Å². The third-order valence-corrected chi connectivity index (χ3v) is 3.88. The highest BCUT2D eigenvalue weighted by Gasteiger charge is 2.29. The summed E-state index contributed by atoms with van der Waals surface area (Å²) in [6, 6.07) is 5.37. The van der Waals surface area contributed by atoms with Gasteiger partial charge in [0.2, 0.25) is 5.91 Å². The van der Waals surface area contributed by atoms with E-state index in [0.717, 1.165) is 22.3 Å². The molecule has 1 aliphatic heterocycles. The second-order valence-corrected chi connectivity index (χ2v) is 5.35. The fourth-order valence-electron chi connectivity index (χ4n) is 2.78. The lowest BCUT2D eigenvalue weighted by Crippen LogP contribution is -2.40. The zero-order chi connectivity index (χ0) is 14.4. The van der Waals surface area contributed by atoms with Gasteiger partial charge < -0.3 is 5.32 Å². The molecule has 1 N–H and O–H groups in total. The summed E-state index contributed by atoms with van der Waals surface area (Å²) in [7, 11) is 1.74. The number of benzene rings is 1. The fourth-order valence-corrected chi connectivity index (χ4v) is 2.78. The number of rotatable bonds is 1. The quantitative estimate of drug-likeness (QED) is 0.856. The van der Waals surface area contributed by atoms with Crippen LogP contribution in [0.2, 0.25) is 0 Å². The molecule has 1 aliphatic rings. The van der Waals surface area contributed by atoms with Crippen LogP contribution in [0.4, 0.5) is 0 Å². The summed E-state index contributed by atoms with van der Waals surface area (Å²) in [6.07, 6.45) is 1.31. The molecule has 0 aliphatic carbocycles. The number of imidazole rings is 1. The zero-order valence-corrected chi connectivity index (χ0v) is 11.6. The molecule has 1 unspecified atom stereocenters. The zero-order valence-electron chi connectivity index (χ0n) is 11.6. The number of piperidine rings is 1. The van der Waals surface area contributed by atoms with Gasteiger partial charge in [0.25, 0.3) is 0 Å². The number of carbonyl (C=O) groups excluding carboxylic acids is 1. The third kappa shape index (κ3) is 1.78. The smallest absolute Gasteiger partial charge is 0.329 e. The molecule has 0 radical (unpaired) electrons. The van der Waals surface area contributed by atoms with Crippen molar-refractivity contribution in [2.75, 3.05) is 0 Å². The molecule has 20 heavy (non-hydrogen) atoms. The van der Waals surface area contributed by atoms with Gasteiger partial charge >= 0.3 is 5.69 Å². The molecule has 0 spiro atoms. The molecule has 1 amide bonds. The van der Waals surface area contributed by atoms with Crippen LogP contribution in [0.3, 0.4) is 0 Å². The molecular weight excluding hydrogens is 254 g/mol. The van der Waals surface area contributed by atoms with Gasteiger partial charge in [-0.2, -0.15) is 0 Å². The van der Waals surface area contributed by atoms with Crippen LogP contribution in [0.1, 0.15) is 24.4 Å². The van der Waals surface area contributed by atoms with Crippen molar-refractivity contribution in [1.82, 2.24) is 14.5 Å². The summed E-state index contributed by atoms with van der Waals surface area (Å²) in [5.41, 5.74) is 3.31. The molecule has 0 bridgehead atoms. The van der Waals surface area contributed by atoms with Gasteiger partial charge in [0, 0.05) is 12.7 Å². The van der Waals surface area contributed by atoms with Gasteiger partial charge in [-0.3, -0.25) is 13.9 Å². The minimum absolute atomic E-state index is 0.154. The van der Waals surface area contributed by atoms with E-state index in [1.807, 2.05) is 25.1 Å². The molecule has 2 heterocycles. The van der Waals surface area contributed by atoms with Gasteiger partial charge in [0.05, 0.1) is 11.0 Å². The first-order valence-corrected chi connectivity index (χ1v) is 6.65. The summed E-state index contributed by atoms with van der Waals surface area (Å²) < 4.78 is 3.19. The Morgan fingerprint density at radius 1 is 1.30 bits per heavy atom. The van der Waals surface area contributed by atoms with E-state index >= 15 is 0 Å². The van der Waals surface area contributed by atoms with E-state index in [2.05, 4.69) is 11.9 Å². The van der Waals surface area contributed by atoms with Crippen LogP contribution < -0.4 is 11.0 Å². The van der Waals surface area contributed by atoms with Crippen LogP contribution >= 0.6 is 0 Å². The maximum absolute atomic E-state index is 12.4. The second-order valence-electron chi connectivity index (χ2n) is 5.35. The summed E-state index contributed by atoms with van der Waals surface area (Å²) >= 11 is 0. The highest BCUT2D eigenvalue weighted by atomic mass is 16.2. The molecule has 1 aromatic heterocycles. The lowest BCUT2D eigenvalue weighted by atomic mass is 10.0.